The Bertz CT molecular complexity index is 572. The summed E-state index contributed by atoms with van der Waals surface area (Å²) in [6, 6.07) is 1.57. The number of nitrogens with zero attached hydrogens (tertiary/aromatic N) is 4. The van der Waals surface area contributed by atoms with E-state index in [2.05, 4.69) is 49.0 Å². The van der Waals surface area contributed by atoms with Gasteiger partial charge in [0.1, 0.15) is 0 Å². The minimum Gasteiger partial charge on any atom is -0.341 e. The Morgan fingerprint density at radius 1 is 0.963 bits per heavy atom. The van der Waals surface area contributed by atoms with Crippen LogP contribution in [0.25, 0.3) is 0 Å². The summed E-state index contributed by atoms with van der Waals surface area (Å²) < 4.78 is 0. The second-order valence-electron chi connectivity index (χ2n) is 8.76. The molecule has 2 aliphatic heterocycles. The van der Waals surface area contributed by atoms with Crippen LogP contribution in [0.4, 0.5) is 5.95 Å². The molecule has 0 saturated carbocycles. The molecule has 3 rings (SSSR count). The Hall–Kier alpha value is -1.20. The molecule has 1 aromatic heterocycles. The molecule has 1 atom stereocenters. The number of piperidine rings is 1. The number of aromatic nitrogens is 2. The number of likely N-dealkylation sites (tertiary alicyclic amines) is 1. The Morgan fingerprint density at radius 3 is 2.19 bits per heavy atom. The van der Waals surface area contributed by atoms with E-state index in [1.165, 1.54) is 63.6 Å². The average molecular weight is 374 g/mol. The lowest BCUT2D eigenvalue weighted by Gasteiger charge is -2.36. The van der Waals surface area contributed by atoms with Crippen LogP contribution in [0.1, 0.15) is 83.0 Å². The molecule has 0 amide bonds. The minimum absolute atomic E-state index is 0.307. The smallest absolute Gasteiger partial charge is 0.225 e. The zero-order valence-electron chi connectivity index (χ0n) is 17.9. The van der Waals surface area contributed by atoms with Gasteiger partial charge in [0, 0.05) is 48.7 Å². The fourth-order valence-electron chi connectivity index (χ4n) is 4.51. The molecule has 1 aromatic rings. The van der Waals surface area contributed by atoms with Crippen molar-refractivity contribution in [3.63, 3.8) is 0 Å². The van der Waals surface area contributed by atoms with Gasteiger partial charge in [0.15, 0.2) is 0 Å². The SMILES string of the molecule is Cc1nc(N2CCCCCCC2)ncc1[C@H](C)NC1CCN(C(C)C)CC1. The minimum atomic E-state index is 0.307. The van der Waals surface area contributed by atoms with E-state index in [1.807, 2.05) is 0 Å². The fraction of sp³-hybridized carbons (Fsp3) is 0.818. The molecule has 0 aliphatic carbocycles. The molecular formula is C22H39N5. The summed E-state index contributed by atoms with van der Waals surface area (Å²) in [5.74, 6) is 0.926. The maximum absolute atomic E-state index is 4.89. The van der Waals surface area contributed by atoms with E-state index in [0.29, 0.717) is 18.1 Å². The first-order valence-corrected chi connectivity index (χ1v) is 11.1. The van der Waals surface area contributed by atoms with Gasteiger partial charge in [-0.15, -0.1) is 0 Å². The van der Waals surface area contributed by atoms with Crippen LogP contribution in [-0.4, -0.2) is 53.1 Å². The largest absolute Gasteiger partial charge is 0.341 e. The van der Waals surface area contributed by atoms with Crippen LogP contribution in [-0.2, 0) is 0 Å². The van der Waals surface area contributed by atoms with Gasteiger partial charge in [0.25, 0.3) is 0 Å². The van der Waals surface area contributed by atoms with Crippen LogP contribution in [0.2, 0.25) is 0 Å². The Kier molecular flexibility index (Phi) is 7.48. The van der Waals surface area contributed by atoms with E-state index in [1.54, 1.807) is 0 Å². The molecule has 0 spiro atoms. The van der Waals surface area contributed by atoms with E-state index >= 15 is 0 Å². The van der Waals surface area contributed by atoms with Gasteiger partial charge in [-0.05, 0) is 66.5 Å². The normalized spacial score (nSPS) is 21.9. The van der Waals surface area contributed by atoms with E-state index in [-0.39, 0.29) is 0 Å². The first-order valence-electron chi connectivity index (χ1n) is 11.1. The topological polar surface area (TPSA) is 44.3 Å². The van der Waals surface area contributed by atoms with Crippen molar-refractivity contribution in [2.75, 3.05) is 31.1 Å². The van der Waals surface area contributed by atoms with E-state index < -0.39 is 0 Å². The Balaban J connectivity index is 1.58. The van der Waals surface area contributed by atoms with Crippen molar-refractivity contribution in [1.29, 1.82) is 0 Å². The predicted molar refractivity (Wildman–Crippen MR) is 113 cm³/mol. The summed E-state index contributed by atoms with van der Waals surface area (Å²) in [6.07, 6.45) is 11.1. The van der Waals surface area contributed by atoms with Crippen molar-refractivity contribution in [2.45, 2.75) is 90.8 Å². The van der Waals surface area contributed by atoms with E-state index in [0.717, 1.165) is 24.7 Å². The molecule has 27 heavy (non-hydrogen) atoms. The molecule has 152 valence electrons. The molecule has 0 unspecified atom stereocenters. The quantitative estimate of drug-likeness (QED) is 0.842. The fourth-order valence-corrected chi connectivity index (χ4v) is 4.51. The van der Waals surface area contributed by atoms with Crippen LogP contribution in [0.3, 0.4) is 0 Å². The van der Waals surface area contributed by atoms with Gasteiger partial charge in [-0.2, -0.15) is 0 Å². The van der Waals surface area contributed by atoms with Crippen LogP contribution >= 0.6 is 0 Å². The number of aryl methyl sites for hydroxylation is 1. The molecule has 2 aliphatic rings. The highest BCUT2D eigenvalue weighted by Gasteiger charge is 2.23. The van der Waals surface area contributed by atoms with Crippen LogP contribution < -0.4 is 10.2 Å². The number of hydrogen-bond acceptors (Lipinski definition) is 5. The number of hydrogen-bond donors (Lipinski definition) is 1. The zero-order valence-corrected chi connectivity index (χ0v) is 17.9. The highest BCUT2D eigenvalue weighted by atomic mass is 15.2. The third kappa shape index (κ3) is 5.64. The van der Waals surface area contributed by atoms with Gasteiger partial charge in [0.2, 0.25) is 5.95 Å². The van der Waals surface area contributed by atoms with Crippen molar-refractivity contribution >= 4 is 5.95 Å². The van der Waals surface area contributed by atoms with E-state index in [4.69, 9.17) is 9.97 Å². The van der Waals surface area contributed by atoms with Crippen LogP contribution in [0.5, 0.6) is 0 Å². The van der Waals surface area contributed by atoms with Crippen molar-refractivity contribution in [1.82, 2.24) is 20.2 Å². The summed E-state index contributed by atoms with van der Waals surface area (Å²) in [4.78, 5) is 14.6. The van der Waals surface area contributed by atoms with Gasteiger partial charge in [-0.3, -0.25) is 0 Å². The van der Waals surface area contributed by atoms with Crippen LogP contribution in [0.15, 0.2) is 6.20 Å². The monoisotopic (exact) mass is 373 g/mol. The van der Waals surface area contributed by atoms with Crippen molar-refractivity contribution in [2.24, 2.45) is 0 Å². The van der Waals surface area contributed by atoms with Gasteiger partial charge in [-0.25, -0.2) is 9.97 Å². The van der Waals surface area contributed by atoms with Gasteiger partial charge < -0.3 is 15.1 Å². The maximum atomic E-state index is 4.89. The molecule has 1 N–H and O–H groups in total. The molecule has 3 heterocycles. The molecular weight excluding hydrogens is 334 g/mol. The first kappa shape index (κ1) is 20.5. The number of rotatable bonds is 5. The summed E-state index contributed by atoms with van der Waals surface area (Å²) >= 11 is 0. The molecule has 2 saturated heterocycles. The van der Waals surface area contributed by atoms with Crippen molar-refractivity contribution < 1.29 is 0 Å². The molecule has 5 nitrogen and oxygen atoms in total. The zero-order chi connectivity index (χ0) is 19.2. The molecule has 0 aromatic carbocycles. The standard InChI is InChI=1S/C22H39N5/c1-17(2)26-14-10-20(11-15-26)24-18(3)21-16-23-22(25-19(21)4)27-12-8-6-5-7-9-13-27/h16-18,20,24H,5-15H2,1-4H3/t18-/m0/s1. The lowest BCUT2D eigenvalue weighted by molar-refractivity contribution is 0.157. The highest BCUT2D eigenvalue weighted by Crippen LogP contribution is 2.22. The highest BCUT2D eigenvalue weighted by molar-refractivity contribution is 5.34. The maximum Gasteiger partial charge on any atom is 0.225 e. The number of anilines is 1. The molecule has 0 radical (unpaired) electrons. The molecule has 5 heteroatoms. The average Bonchev–Trinajstić information content (AvgIpc) is 2.61. The van der Waals surface area contributed by atoms with E-state index in [9.17, 15) is 0 Å². The second kappa shape index (κ2) is 9.83. The van der Waals surface area contributed by atoms with Gasteiger partial charge >= 0.3 is 0 Å². The van der Waals surface area contributed by atoms with Crippen molar-refractivity contribution in [3.05, 3.63) is 17.5 Å². The summed E-state index contributed by atoms with van der Waals surface area (Å²) in [5, 5.41) is 3.83. The lowest BCUT2D eigenvalue weighted by atomic mass is 10.0. The molecule has 2 fully saturated rings. The summed E-state index contributed by atoms with van der Waals surface area (Å²) in [5.41, 5.74) is 2.37. The lowest BCUT2D eigenvalue weighted by Crippen LogP contribution is -2.45. The second-order valence-corrected chi connectivity index (χ2v) is 8.76. The summed E-state index contributed by atoms with van der Waals surface area (Å²) in [7, 11) is 0. The van der Waals surface area contributed by atoms with Gasteiger partial charge in [-0.1, -0.05) is 19.3 Å². The molecule has 0 bridgehead atoms. The summed E-state index contributed by atoms with van der Waals surface area (Å²) in [6.45, 7) is 13.6. The van der Waals surface area contributed by atoms with Gasteiger partial charge in [0.05, 0.1) is 0 Å². The predicted octanol–water partition coefficient (Wildman–Crippen LogP) is 4.08. The number of nitrogens with one attached hydrogen (secondary N) is 1. The third-order valence-electron chi connectivity index (χ3n) is 6.36. The Morgan fingerprint density at radius 2 is 1.59 bits per heavy atom. The van der Waals surface area contributed by atoms with Crippen molar-refractivity contribution in [3.8, 4) is 0 Å². The van der Waals surface area contributed by atoms with Crippen LogP contribution in [0, 0.1) is 6.92 Å². The third-order valence-corrected chi connectivity index (χ3v) is 6.36. The Labute approximate surface area is 165 Å². The first-order chi connectivity index (χ1) is 13.0.